The highest BCUT2D eigenvalue weighted by Gasteiger charge is 2.15. The van der Waals surface area contributed by atoms with Crippen LogP contribution in [-0.2, 0) is 11.3 Å². The predicted molar refractivity (Wildman–Crippen MR) is 89.0 cm³/mol. The third kappa shape index (κ3) is 4.35. The van der Waals surface area contributed by atoms with Gasteiger partial charge in [-0.1, -0.05) is 42.0 Å². The summed E-state index contributed by atoms with van der Waals surface area (Å²) in [4.78, 5) is 12.1. The second-order valence-corrected chi connectivity index (χ2v) is 5.73. The number of benzene rings is 2. The summed E-state index contributed by atoms with van der Waals surface area (Å²) in [5.41, 5.74) is 4.44. The molecule has 0 aromatic heterocycles. The molecule has 2 aromatic rings. The van der Waals surface area contributed by atoms with Gasteiger partial charge in [-0.25, -0.2) is 0 Å². The lowest BCUT2D eigenvalue weighted by atomic mass is 10.1. The molecule has 3 heteroatoms. The lowest BCUT2D eigenvalue weighted by Gasteiger charge is -2.16. The van der Waals surface area contributed by atoms with Crippen LogP contribution in [-0.4, -0.2) is 12.0 Å². The summed E-state index contributed by atoms with van der Waals surface area (Å²) in [5.74, 6) is 0.652. The van der Waals surface area contributed by atoms with Crippen LogP contribution in [0.1, 0.15) is 29.2 Å². The average molecular weight is 297 g/mol. The molecular formula is C19H23NO2. The SMILES string of the molecule is Cc1ccc(CNC(=O)[C@H](C)Oc2cc(C)ccc2C)cc1. The minimum Gasteiger partial charge on any atom is -0.481 e. The molecule has 0 heterocycles. The molecule has 0 unspecified atom stereocenters. The van der Waals surface area contributed by atoms with Crippen LogP contribution in [0.15, 0.2) is 42.5 Å². The van der Waals surface area contributed by atoms with E-state index in [9.17, 15) is 4.79 Å². The van der Waals surface area contributed by atoms with Crippen LogP contribution in [0.4, 0.5) is 0 Å². The quantitative estimate of drug-likeness (QED) is 0.914. The minimum atomic E-state index is -0.522. The molecule has 1 atom stereocenters. The highest BCUT2D eigenvalue weighted by molar-refractivity contribution is 5.80. The molecule has 0 radical (unpaired) electrons. The Morgan fingerprint density at radius 2 is 1.68 bits per heavy atom. The third-order valence-electron chi connectivity index (χ3n) is 3.60. The zero-order valence-electron chi connectivity index (χ0n) is 13.6. The molecule has 0 aliphatic carbocycles. The predicted octanol–water partition coefficient (Wildman–Crippen LogP) is 3.70. The standard InChI is InChI=1S/C19H23NO2/c1-13-6-9-17(10-7-13)12-20-19(21)16(4)22-18-11-14(2)5-8-15(18)3/h5-11,16H,12H2,1-4H3,(H,20,21)/t16-/m0/s1. The van der Waals surface area contributed by atoms with Crippen LogP contribution in [0.3, 0.4) is 0 Å². The summed E-state index contributed by atoms with van der Waals surface area (Å²) in [7, 11) is 0. The Morgan fingerprint density at radius 3 is 2.36 bits per heavy atom. The van der Waals surface area contributed by atoms with Crippen molar-refractivity contribution in [2.75, 3.05) is 0 Å². The van der Waals surface area contributed by atoms with Gasteiger partial charge in [0.15, 0.2) is 6.10 Å². The van der Waals surface area contributed by atoms with Crippen molar-refractivity contribution in [1.82, 2.24) is 5.32 Å². The van der Waals surface area contributed by atoms with Gasteiger partial charge in [-0.05, 0) is 50.5 Å². The summed E-state index contributed by atoms with van der Waals surface area (Å²) in [6.45, 7) is 8.31. The maximum atomic E-state index is 12.1. The van der Waals surface area contributed by atoms with Gasteiger partial charge in [-0.3, -0.25) is 4.79 Å². The highest BCUT2D eigenvalue weighted by atomic mass is 16.5. The third-order valence-corrected chi connectivity index (χ3v) is 3.60. The summed E-state index contributed by atoms with van der Waals surface area (Å²) in [6, 6.07) is 14.1. The number of rotatable bonds is 5. The molecule has 1 N–H and O–H groups in total. The number of hydrogen-bond acceptors (Lipinski definition) is 2. The van der Waals surface area contributed by atoms with Crippen molar-refractivity contribution in [3.8, 4) is 5.75 Å². The second kappa shape index (κ2) is 7.12. The molecule has 2 rings (SSSR count). The molecule has 0 bridgehead atoms. The molecular weight excluding hydrogens is 274 g/mol. The van der Waals surface area contributed by atoms with Gasteiger partial charge >= 0.3 is 0 Å². The van der Waals surface area contributed by atoms with E-state index >= 15 is 0 Å². The van der Waals surface area contributed by atoms with Crippen LogP contribution in [0.2, 0.25) is 0 Å². The summed E-state index contributed by atoms with van der Waals surface area (Å²) < 4.78 is 5.78. The number of ether oxygens (including phenoxy) is 1. The first-order chi connectivity index (χ1) is 10.5. The van der Waals surface area contributed by atoms with Gasteiger partial charge in [0.2, 0.25) is 0 Å². The Hall–Kier alpha value is -2.29. The fraction of sp³-hybridized carbons (Fsp3) is 0.316. The van der Waals surface area contributed by atoms with Crippen molar-refractivity contribution in [2.24, 2.45) is 0 Å². The number of amides is 1. The molecule has 116 valence electrons. The smallest absolute Gasteiger partial charge is 0.261 e. The largest absolute Gasteiger partial charge is 0.481 e. The van der Waals surface area contributed by atoms with Crippen LogP contribution in [0.25, 0.3) is 0 Å². The van der Waals surface area contributed by atoms with E-state index in [0.717, 1.165) is 22.4 Å². The number of hydrogen-bond donors (Lipinski definition) is 1. The number of aryl methyl sites for hydroxylation is 3. The normalized spacial score (nSPS) is 11.8. The van der Waals surface area contributed by atoms with E-state index in [4.69, 9.17) is 4.74 Å². The Morgan fingerprint density at radius 1 is 1.05 bits per heavy atom. The molecule has 3 nitrogen and oxygen atoms in total. The second-order valence-electron chi connectivity index (χ2n) is 5.73. The summed E-state index contributed by atoms with van der Waals surface area (Å²) >= 11 is 0. The van der Waals surface area contributed by atoms with Gasteiger partial charge in [0.25, 0.3) is 5.91 Å². The van der Waals surface area contributed by atoms with E-state index in [1.54, 1.807) is 6.92 Å². The monoisotopic (exact) mass is 297 g/mol. The molecule has 1 amide bonds. The lowest BCUT2D eigenvalue weighted by molar-refractivity contribution is -0.127. The topological polar surface area (TPSA) is 38.3 Å². The van der Waals surface area contributed by atoms with Crippen LogP contribution in [0, 0.1) is 20.8 Å². The van der Waals surface area contributed by atoms with Gasteiger partial charge in [0.1, 0.15) is 5.75 Å². The summed E-state index contributed by atoms with van der Waals surface area (Å²) in [6.07, 6.45) is -0.522. The Labute approximate surface area is 132 Å². The lowest BCUT2D eigenvalue weighted by Crippen LogP contribution is -2.36. The molecule has 0 saturated heterocycles. The minimum absolute atomic E-state index is 0.110. The van der Waals surface area contributed by atoms with E-state index in [-0.39, 0.29) is 5.91 Å². The Balaban J connectivity index is 1.91. The zero-order valence-corrected chi connectivity index (χ0v) is 13.6. The van der Waals surface area contributed by atoms with E-state index in [2.05, 4.69) is 5.32 Å². The highest BCUT2D eigenvalue weighted by Crippen LogP contribution is 2.20. The first-order valence-corrected chi connectivity index (χ1v) is 7.53. The molecule has 0 aliphatic rings. The van der Waals surface area contributed by atoms with E-state index in [1.165, 1.54) is 5.56 Å². The van der Waals surface area contributed by atoms with Crippen LogP contribution < -0.4 is 10.1 Å². The van der Waals surface area contributed by atoms with Crippen molar-refractivity contribution in [3.63, 3.8) is 0 Å². The Bertz CT molecular complexity index is 647. The van der Waals surface area contributed by atoms with Gasteiger partial charge in [-0.15, -0.1) is 0 Å². The van der Waals surface area contributed by atoms with Crippen molar-refractivity contribution < 1.29 is 9.53 Å². The fourth-order valence-corrected chi connectivity index (χ4v) is 2.12. The first-order valence-electron chi connectivity index (χ1n) is 7.53. The molecule has 0 aliphatic heterocycles. The van der Waals surface area contributed by atoms with Gasteiger partial charge < -0.3 is 10.1 Å². The van der Waals surface area contributed by atoms with E-state index < -0.39 is 6.10 Å². The molecule has 22 heavy (non-hydrogen) atoms. The van der Waals surface area contributed by atoms with E-state index in [1.807, 2.05) is 63.2 Å². The Kier molecular flexibility index (Phi) is 5.21. The zero-order chi connectivity index (χ0) is 16.1. The number of carbonyl (C=O) groups is 1. The number of carbonyl (C=O) groups excluding carboxylic acids is 1. The maximum absolute atomic E-state index is 12.1. The van der Waals surface area contributed by atoms with Crippen molar-refractivity contribution in [3.05, 3.63) is 64.7 Å². The molecule has 0 fully saturated rings. The van der Waals surface area contributed by atoms with Crippen molar-refractivity contribution >= 4 is 5.91 Å². The van der Waals surface area contributed by atoms with Crippen molar-refractivity contribution in [2.45, 2.75) is 40.3 Å². The first kappa shape index (κ1) is 16.1. The maximum Gasteiger partial charge on any atom is 0.261 e. The average Bonchev–Trinajstić information content (AvgIpc) is 2.50. The van der Waals surface area contributed by atoms with Crippen molar-refractivity contribution in [1.29, 1.82) is 0 Å². The van der Waals surface area contributed by atoms with Crippen LogP contribution >= 0.6 is 0 Å². The van der Waals surface area contributed by atoms with Gasteiger partial charge in [0.05, 0.1) is 0 Å². The molecule has 0 saturated carbocycles. The van der Waals surface area contributed by atoms with Crippen LogP contribution in [0.5, 0.6) is 5.75 Å². The fourth-order valence-electron chi connectivity index (χ4n) is 2.12. The molecule has 2 aromatic carbocycles. The number of nitrogens with one attached hydrogen (secondary N) is 1. The van der Waals surface area contributed by atoms with Gasteiger partial charge in [-0.2, -0.15) is 0 Å². The summed E-state index contributed by atoms with van der Waals surface area (Å²) in [5, 5.41) is 2.91. The van der Waals surface area contributed by atoms with E-state index in [0.29, 0.717) is 6.54 Å². The van der Waals surface area contributed by atoms with Gasteiger partial charge in [0, 0.05) is 6.54 Å². The molecule has 0 spiro atoms.